The fourth-order valence-corrected chi connectivity index (χ4v) is 1.59. The zero-order valence-electron chi connectivity index (χ0n) is 7.90. The third-order valence-corrected chi connectivity index (χ3v) is 2.63. The normalized spacial score (nSPS) is 26.1. The second-order valence-corrected chi connectivity index (χ2v) is 3.51. The van der Waals surface area contributed by atoms with E-state index in [0.29, 0.717) is 25.1 Å². The van der Waals surface area contributed by atoms with Crippen LogP contribution in [-0.4, -0.2) is 41.9 Å². The van der Waals surface area contributed by atoms with Crippen LogP contribution in [-0.2, 0) is 9.53 Å². The van der Waals surface area contributed by atoms with Crippen LogP contribution < -0.4 is 0 Å². The Labute approximate surface area is 82.5 Å². The lowest BCUT2D eigenvalue weighted by atomic mass is 10.1. The first kappa shape index (κ1) is 9.43. The molecule has 0 spiro atoms. The monoisotopic (exact) mass is 195 g/mol. The van der Waals surface area contributed by atoms with E-state index in [1.54, 1.807) is 4.90 Å². The van der Waals surface area contributed by atoms with E-state index in [0.717, 1.165) is 5.57 Å². The van der Waals surface area contributed by atoms with E-state index < -0.39 is 0 Å². The molecule has 1 amide bonds. The van der Waals surface area contributed by atoms with Gasteiger partial charge in [0.15, 0.2) is 0 Å². The summed E-state index contributed by atoms with van der Waals surface area (Å²) in [6.07, 6.45) is 2.31. The number of carbonyl (C=O) groups excluding carboxylic acids is 1. The molecule has 1 saturated heterocycles. The van der Waals surface area contributed by atoms with Gasteiger partial charge in [0.25, 0.3) is 0 Å². The molecule has 1 N–H and O–H groups in total. The van der Waals surface area contributed by atoms with Crippen molar-refractivity contribution < 1.29 is 14.6 Å². The number of hydrogen-bond donors (Lipinski definition) is 1. The number of rotatable bonds is 2. The van der Waals surface area contributed by atoms with Crippen molar-refractivity contribution in [1.82, 2.24) is 4.90 Å². The van der Waals surface area contributed by atoms with Crippen LogP contribution in [0.2, 0.25) is 0 Å². The quantitative estimate of drug-likeness (QED) is 0.633. The van der Waals surface area contributed by atoms with Crippen LogP contribution in [0.3, 0.4) is 0 Å². The molecule has 1 unspecified atom stereocenters. The first-order valence-electron chi connectivity index (χ1n) is 4.61. The number of β-lactam (4-membered cyclic amide) rings is 1. The van der Waals surface area contributed by atoms with Gasteiger partial charge < -0.3 is 14.7 Å². The number of aliphatic hydroxyl groups is 1. The molecule has 2 aliphatic heterocycles. The van der Waals surface area contributed by atoms with Gasteiger partial charge >= 0.3 is 0 Å². The van der Waals surface area contributed by atoms with Gasteiger partial charge in [-0.3, -0.25) is 4.79 Å². The third-order valence-electron chi connectivity index (χ3n) is 2.63. The molecular weight excluding hydrogens is 182 g/mol. The Morgan fingerprint density at radius 1 is 1.79 bits per heavy atom. The lowest BCUT2D eigenvalue weighted by Gasteiger charge is -2.37. The van der Waals surface area contributed by atoms with E-state index in [2.05, 4.69) is 6.58 Å². The number of aliphatic hydroxyl groups excluding tert-OH is 1. The molecule has 0 aliphatic carbocycles. The second kappa shape index (κ2) is 3.55. The highest BCUT2D eigenvalue weighted by Gasteiger charge is 2.37. The van der Waals surface area contributed by atoms with Crippen molar-refractivity contribution in [3.05, 3.63) is 23.8 Å². The molecule has 1 fully saturated rings. The maximum Gasteiger partial charge on any atom is 0.229 e. The van der Waals surface area contributed by atoms with Crippen LogP contribution >= 0.6 is 0 Å². The summed E-state index contributed by atoms with van der Waals surface area (Å²) in [6, 6.07) is 0. The molecule has 2 aliphatic rings. The van der Waals surface area contributed by atoms with Gasteiger partial charge in [0.2, 0.25) is 5.91 Å². The first-order valence-corrected chi connectivity index (χ1v) is 4.61. The second-order valence-electron chi connectivity index (χ2n) is 3.51. The molecule has 1 atom stereocenters. The lowest BCUT2D eigenvalue weighted by molar-refractivity contribution is -0.169. The van der Waals surface area contributed by atoms with E-state index >= 15 is 0 Å². The standard InChI is InChI=1S/C10H13NO3/c1-7(5-12)8-2-3-11-9(13)4-10(11)14-6-8/h2,10,12H,1,3-6H2. The largest absolute Gasteiger partial charge is 0.392 e. The van der Waals surface area contributed by atoms with E-state index in [1.807, 2.05) is 6.08 Å². The summed E-state index contributed by atoms with van der Waals surface area (Å²) >= 11 is 0. The minimum atomic E-state index is -0.0669. The summed E-state index contributed by atoms with van der Waals surface area (Å²) in [5.41, 5.74) is 1.56. The molecular formula is C10H13NO3. The van der Waals surface area contributed by atoms with E-state index in [4.69, 9.17) is 9.84 Å². The zero-order chi connectivity index (χ0) is 10.1. The van der Waals surface area contributed by atoms with Gasteiger partial charge in [0.05, 0.1) is 19.6 Å². The van der Waals surface area contributed by atoms with Gasteiger partial charge in [-0.05, 0) is 11.1 Å². The summed E-state index contributed by atoms with van der Waals surface area (Å²) < 4.78 is 5.47. The van der Waals surface area contributed by atoms with E-state index in [1.165, 1.54) is 0 Å². The maximum absolute atomic E-state index is 11.1. The molecule has 0 aromatic carbocycles. The highest BCUT2D eigenvalue weighted by atomic mass is 16.5. The predicted molar refractivity (Wildman–Crippen MR) is 50.4 cm³/mol. The van der Waals surface area contributed by atoms with Gasteiger partial charge in [-0.25, -0.2) is 0 Å². The predicted octanol–water partition coefficient (Wildman–Crippen LogP) is 0.0499. The van der Waals surface area contributed by atoms with Crippen LogP contribution in [0.1, 0.15) is 6.42 Å². The Bertz CT molecular complexity index is 308. The fraction of sp³-hybridized carbons (Fsp3) is 0.500. The lowest BCUT2D eigenvalue weighted by Crippen LogP contribution is -2.53. The Balaban J connectivity index is 2.05. The van der Waals surface area contributed by atoms with E-state index in [9.17, 15) is 4.79 Å². The smallest absolute Gasteiger partial charge is 0.229 e. The highest BCUT2D eigenvalue weighted by molar-refractivity contribution is 5.82. The Morgan fingerprint density at radius 3 is 3.21 bits per heavy atom. The van der Waals surface area contributed by atoms with Crippen molar-refractivity contribution in [1.29, 1.82) is 0 Å². The number of nitrogens with zero attached hydrogens (tertiary/aromatic N) is 1. The summed E-state index contributed by atoms with van der Waals surface area (Å²) in [5.74, 6) is 0.127. The molecule has 0 aromatic rings. The fourth-order valence-electron chi connectivity index (χ4n) is 1.59. The van der Waals surface area contributed by atoms with Gasteiger partial charge in [-0.15, -0.1) is 0 Å². The van der Waals surface area contributed by atoms with Gasteiger partial charge in [-0.2, -0.15) is 0 Å². The Morgan fingerprint density at radius 2 is 2.57 bits per heavy atom. The average molecular weight is 195 g/mol. The number of fused-ring (bicyclic) bond motifs is 1. The Hall–Kier alpha value is -1.13. The third kappa shape index (κ3) is 1.47. The van der Waals surface area contributed by atoms with Gasteiger partial charge in [0, 0.05) is 6.54 Å². The SMILES string of the molecule is C=C(CO)C1=CCN2C(=O)CC2OC1. The van der Waals surface area contributed by atoms with Gasteiger partial charge in [0.1, 0.15) is 6.23 Å². The molecule has 2 heterocycles. The molecule has 4 nitrogen and oxygen atoms in total. The van der Waals surface area contributed by atoms with Crippen LogP contribution in [0, 0.1) is 0 Å². The van der Waals surface area contributed by atoms with Crippen molar-refractivity contribution in [3.8, 4) is 0 Å². The Kier molecular flexibility index (Phi) is 2.39. The molecule has 0 bridgehead atoms. The molecule has 0 radical (unpaired) electrons. The first-order chi connectivity index (χ1) is 6.72. The van der Waals surface area contributed by atoms with Crippen LogP contribution in [0.25, 0.3) is 0 Å². The van der Waals surface area contributed by atoms with Crippen molar-refractivity contribution in [3.63, 3.8) is 0 Å². The number of ether oxygens (including phenoxy) is 1. The van der Waals surface area contributed by atoms with Crippen molar-refractivity contribution >= 4 is 5.91 Å². The molecule has 4 heteroatoms. The molecule has 0 saturated carbocycles. The molecule has 2 rings (SSSR count). The van der Waals surface area contributed by atoms with Crippen molar-refractivity contribution in [2.75, 3.05) is 19.8 Å². The molecule has 14 heavy (non-hydrogen) atoms. The van der Waals surface area contributed by atoms with Crippen LogP contribution in [0.15, 0.2) is 23.8 Å². The van der Waals surface area contributed by atoms with Crippen LogP contribution in [0.4, 0.5) is 0 Å². The number of amides is 1. The summed E-state index contributed by atoms with van der Waals surface area (Å²) in [5, 5.41) is 8.90. The summed E-state index contributed by atoms with van der Waals surface area (Å²) in [6.45, 7) is 4.67. The van der Waals surface area contributed by atoms with E-state index in [-0.39, 0.29) is 18.7 Å². The average Bonchev–Trinajstić information content (AvgIpc) is 2.35. The zero-order valence-corrected chi connectivity index (χ0v) is 7.90. The number of carbonyl (C=O) groups is 1. The molecule has 76 valence electrons. The number of hydrogen-bond acceptors (Lipinski definition) is 3. The van der Waals surface area contributed by atoms with Crippen LogP contribution in [0.5, 0.6) is 0 Å². The van der Waals surface area contributed by atoms with Gasteiger partial charge in [-0.1, -0.05) is 12.7 Å². The topological polar surface area (TPSA) is 49.8 Å². The van der Waals surface area contributed by atoms with Crippen molar-refractivity contribution in [2.24, 2.45) is 0 Å². The summed E-state index contributed by atoms with van der Waals surface area (Å²) in [7, 11) is 0. The summed E-state index contributed by atoms with van der Waals surface area (Å²) in [4.78, 5) is 12.8. The highest BCUT2D eigenvalue weighted by Crippen LogP contribution is 2.24. The maximum atomic E-state index is 11.1. The minimum absolute atomic E-state index is 0.0617. The minimum Gasteiger partial charge on any atom is -0.392 e. The van der Waals surface area contributed by atoms with Crippen molar-refractivity contribution in [2.45, 2.75) is 12.6 Å². The molecule has 0 aromatic heterocycles.